The molecule has 0 saturated carbocycles. The van der Waals surface area contributed by atoms with E-state index in [1.54, 1.807) is 13.2 Å². The molecule has 0 unspecified atom stereocenters. The maximum absolute atomic E-state index is 12.3. The number of carbonyl (C=O) groups is 1. The second-order valence-corrected chi connectivity index (χ2v) is 6.89. The van der Waals surface area contributed by atoms with Crippen molar-refractivity contribution in [1.29, 1.82) is 0 Å². The average molecular weight is 383 g/mol. The first kappa shape index (κ1) is 18.4. The summed E-state index contributed by atoms with van der Waals surface area (Å²) in [6.07, 6.45) is 0.469. The van der Waals surface area contributed by atoms with Crippen molar-refractivity contribution in [3.63, 3.8) is 0 Å². The van der Waals surface area contributed by atoms with Crippen LogP contribution in [0, 0.1) is 0 Å². The third-order valence-electron chi connectivity index (χ3n) is 5.12. The predicted octanol–water partition coefficient (Wildman–Crippen LogP) is 2.57. The molecule has 2 aliphatic rings. The van der Waals surface area contributed by atoms with Crippen LogP contribution < -0.4 is 24.4 Å². The molecule has 1 amide bonds. The molecule has 0 atom stereocenters. The molecule has 1 saturated heterocycles. The fraction of sp³-hybridized carbons (Fsp3) is 0.381. The quantitative estimate of drug-likeness (QED) is 0.827. The first-order chi connectivity index (χ1) is 13.7. The first-order valence-corrected chi connectivity index (χ1v) is 9.52. The minimum atomic E-state index is 0.0106. The summed E-state index contributed by atoms with van der Waals surface area (Å²) in [5.74, 6) is 2.27. The fourth-order valence-electron chi connectivity index (χ4n) is 3.48. The molecule has 0 aromatic heterocycles. The Bertz CT molecular complexity index is 817. The molecule has 7 heteroatoms. The number of hydrogen-bond donors (Lipinski definition) is 1. The highest BCUT2D eigenvalue weighted by atomic mass is 16.7. The standard InChI is InChI=1S/C21H25N3O4/c1-26-18-5-3-17(4-6-18)24-12-10-23(11-13-24)9-8-21(25)22-16-2-7-19-20(14-16)28-15-27-19/h2-7,14H,8-13,15H2,1H3,(H,22,25). The highest BCUT2D eigenvalue weighted by molar-refractivity contribution is 5.91. The Balaban J connectivity index is 1.21. The highest BCUT2D eigenvalue weighted by Gasteiger charge is 2.18. The molecule has 2 aromatic carbocycles. The zero-order valence-corrected chi connectivity index (χ0v) is 16.0. The van der Waals surface area contributed by atoms with Gasteiger partial charge in [0, 0.05) is 56.6 Å². The molecule has 0 bridgehead atoms. The molecule has 4 rings (SSSR count). The van der Waals surface area contributed by atoms with E-state index in [1.165, 1.54) is 5.69 Å². The van der Waals surface area contributed by atoms with Crippen molar-refractivity contribution in [3.05, 3.63) is 42.5 Å². The zero-order chi connectivity index (χ0) is 19.3. The van der Waals surface area contributed by atoms with Gasteiger partial charge in [0.2, 0.25) is 12.7 Å². The van der Waals surface area contributed by atoms with Crippen LogP contribution in [0.2, 0.25) is 0 Å². The van der Waals surface area contributed by atoms with Crippen molar-refractivity contribution < 1.29 is 19.0 Å². The topological polar surface area (TPSA) is 63.3 Å². The number of nitrogens with one attached hydrogen (secondary N) is 1. The lowest BCUT2D eigenvalue weighted by Gasteiger charge is -2.36. The zero-order valence-electron chi connectivity index (χ0n) is 16.0. The van der Waals surface area contributed by atoms with Gasteiger partial charge in [0.1, 0.15) is 5.75 Å². The second-order valence-electron chi connectivity index (χ2n) is 6.89. The lowest BCUT2D eigenvalue weighted by molar-refractivity contribution is -0.116. The molecular weight excluding hydrogens is 358 g/mol. The number of nitrogens with zero attached hydrogens (tertiary/aromatic N) is 2. The molecule has 0 spiro atoms. The summed E-state index contributed by atoms with van der Waals surface area (Å²) >= 11 is 0. The number of methoxy groups -OCH3 is 1. The van der Waals surface area contributed by atoms with Crippen molar-refractivity contribution in [1.82, 2.24) is 4.90 Å². The van der Waals surface area contributed by atoms with Gasteiger partial charge < -0.3 is 24.4 Å². The number of ether oxygens (including phenoxy) is 3. The van der Waals surface area contributed by atoms with E-state index in [9.17, 15) is 4.79 Å². The Kier molecular flexibility index (Phi) is 5.53. The van der Waals surface area contributed by atoms with E-state index in [-0.39, 0.29) is 12.7 Å². The summed E-state index contributed by atoms with van der Waals surface area (Å²) < 4.78 is 15.8. The molecule has 28 heavy (non-hydrogen) atoms. The van der Waals surface area contributed by atoms with E-state index in [0.29, 0.717) is 17.9 Å². The maximum Gasteiger partial charge on any atom is 0.231 e. The van der Waals surface area contributed by atoms with Gasteiger partial charge in [-0.3, -0.25) is 9.69 Å². The highest BCUT2D eigenvalue weighted by Crippen LogP contribution is 2.34. The Hall–Kier alpha value is -2.93. The molecule has 0 aliphatic carbocycles. The van der Waals surface area contributed by atoms with E-state index in [0.717, 1.165) is 44.2 Å². The van der Waals surface area contributed by atoms with Gasteiger partial charge in [0.05, 0.1) is 7.11 Å². The van der Waals surface area contributed by atoms with Gasteiger partial charge in [-0.1, -0.05) is 0 Å². The van der Waals surface area contributed by atoms with Crippen molar-refractivity contribution >= 4 is 17.3 Å². The number of rotatable bonds is 6. The number of piperazine rings is 1. The molecule has 2 heterocycles. The molecule has 1 fully saturated rings. The molecule has 148 valence electrons. The Morgan fingerprint density at radius 1 is 1.04 bits per heavy atom. The van der Waals surface area contributed by atoms with E-state index in [1.807, 2.05) is 24.3 Å². The normalized spacial score (nSPS) is 16.1. The number of amides is 1. The first-order valence-electron chi connectivity index (χ1n) is 9.52. The van der Waals surface area contributed by atoms with E-state index < -0.39 is 0 Å². The summed E-state index contributed by atoms with van der Waals surface area (Å²) in [4.78, 5) is 17.0. The summed E-state index contributed by atoms with van der Waals surface area (Å²) in [5, 5.41) is 2.93. The van der Waals surface area contributed by atoms with Crippen LogP contribution in [0.1, 0.15) is 6.42 Å². The van der Waals surface area contributed by atoms with Crippen LogP contribution in [0.15, 0.2) is 42.5 Å². The van der Waals surface area contributed by atoms with Gasteiger partial charge in [-0.25, -0.2) is 0 Å². The van der Waals surface area contributed by atoms with Crippen LogP contribution in [0.4, 0.5) is 11.4 Å². The van der Waals surface area contributed by atoms with Gasteiger partial charge in [-0.15, -0.1) is 0 Å². The number of benzene rings is 2. The number of hydrogen-bond acceptors (Lipinski definition) is 6. The van der Waals surface area contributed by atoms with Gasteiger partial charge in [-0.05, 0) is 36.4 Å². The van der Waals surface area contributed by atoms with Crippen LogP contribution >= 0.6 is 0 Å². The Morgan fingerprint density at radius 2 is 1.79 bits per heavy atom. The van der Waals surface area contributed by atoms with Gasteiger partial charge in [0.25, 0.3) is 0 Å². The minimum Gasteiger partial charge on any atom is -0.497 e. The Morgan fingerprint density at radius 3 is 2.54 bits per heavy atom. The van der Waals surface area contributed by atoms with Crippen LogP contribution in [-0.4, -0.2) is 57.4 Å². The van der Waals surface area contributed by atoms with Crippen LogP contribution in [0.25, 0.3) is 0 Å². The Labute approximate surface area is 164 Å². The van der Waals surface area contributed by atoms with E-state index in [4.69, 9.17) is 14.2 Å². The molecule has 0 radical (unpaired) electrons. The second kappa shape index (κ2) is 8.39. The monoisotopic (exact) mass is 383 g/mol. The van der Waals surface area contributed by atoms with Crippen LogP contribution in [-0.2, 0) is 4.79 Å². The van der Waals surface area contributed by atoms with Gasteiger partial charge in [-0.2, -0.15) is 0 Å². The fourth-order valence-corrected chi connectivity index (χ4v) is 3.48. The van der Waals surface area contributed by atoms with Crippen molar-refractivity contribution in [2.24, 2.45) is 0 Å². The number of carbonyl (C=O) groups excluding carboxylic acids is 1. The SMILES string of the molecule is COc1ccc(N2CCN(CCC(=O)Nc3ccc4c(c3)OCO4)CC2)cc1. The molecule has 2 aromatic rings. The summed E-state index contributed by atoms with van der Waals surface area (Å²) in [7, 11) is 1.68. The van der Waals surface area contributed by atoms with Crippen LogP contribution in [0.3, 0.4) is 0 Å². The molecule has 7 nitrogen and oxygen atoms in total. The summed E-state index contributed by atoms with van der Waals surface area (Å²) in [5.41, 5.74) is 1.94. The average Bonchev–Trinajstić information content (AvgIpc) is 3.21. The summed E-state index contributed by atoms with van der Waals surface area (Å²) in [6.45, 7) is 4.79. The van der Waals surface area contributed by atoms with E-state index in [2.05, 4.69) is 27.2 Å². The largest absolute Gasteiger partial charge is 0.497 e. The number of anilines is 2. The number of fused-ring (bicyclic) bond motifs is 1. The van der Waals surface area contributed by atoms with E-state index >= 15 is 0 Å². The smallest absolute Gasteiger partial charge is 0.231 e. The lowest BCUT2D eigenvalue weighted by atomic mass is 10.2. The van der Waals surface area contributed by atoms with Crippen molar-refractivity contribution in [2.75, 3.05) is 56.8 Å². The third-order valence-corrected chi connectivity index (χ3v) is 5.12. The van der Waals surface area contributed by atoms with Gasteiger partial charge >= 0.3 is 0 Å². The third kappa shape index (κ3) is 4.31. The molecule has 1 N–H and O–H groups in total. The van der Waals surface area contributed by atoms with Crippen molar-refractivity contribution in [3.8, 4) is 17.2 Å². The van der Waals surface area contributed by atoms with Crippen LogP contribution in [0.5, 0.6) is 17.2 Å². The molecular formula is C21H25N3O4. The minimum absolute atomic E-state index is 0.0106. The van der Waals surface area contributed by atoms with Gasteiger partial charge in [0.15, 0.2) is 11.5 Å². The van der Waals surface area contributed by atoms with Crippen molar-refractivity contribution in [2.45, 2.75) is 6.42 Å². The summed E-state index contributed by atoms with van der Waals surface area (Å²) in [6, 6.07) is 13.6. The predicted molar refractivity (Wildman–Crippen MR) is 107 cm³/mol. The molecule has 2 aliphatic heterocycles. The lowest BCUT2D eigenvalue weighted by Crippen LogP contribution is -2.47. The maximum atomic E-state index is 12.3.